The smallest absolute Gasteiger partial charge is 0.316 e. The van der Waals surface area contributed by atoms with Gasteiger partial charge in [-0.05, 0) is 23.8 Å². The highest BCUT2D eigenvalue weighted by atomic mass is 32.1. The predicted octanol–water partition coefficient (Wildman–Crippen LogP) is 2.77. The van der Waals surface area contributed by atoms with E-state index in [-0.39, 0.29) is 17.1 Å². The Hall–Kier alpha value is -2.59. The Bertz CT molecular complexity index is 872. The standard InChI is InChI=1S/C17H17F3N4O2S/c18-10-3-1-2-9(4-10)13-5-12(24-16(21)26)14(27-13)15(25)23-11-6-17(19,20)8-22-7-11/h1-5,11,22H,6-8H2,(H,23,25)(H3,21,24,26)/t11-/m0/s1. The minimum absolute atomic E-state index is 0.0990. The summed E-state index contributed by atoms with van der Waals surface area (Å²) in [7, 11) is 0. The number of thiophene rings is 1. The van der Waals surface area contributed by atoms with Gasteiger partial charge in [0.1, 0.15) is 10.7 Å². The van der Waals surface area contributed by atoms with Crippen molar-refractivity contribution in [3.63, 3.8) is 0 Å². The largest absolute Gasteiger partial charge is 0.351 e. The van der Waals surface area contributed by atoms with Crippen molar-refractivity contribution < 1.29 is 22.8 Å². The Kier molecular flexibility index (Phi) is 5.38. The summed E-state index contributed by atoms with van der Waals surface area (Å²) in [6.45, 7) is -0.224. The molecule has 1 aromatic heterocycles. The number of alkyl halides is 2. The molecule has 1 aliphatic heterocycles. The van der Waals surface area contributed by atoms with Gasteiger partial charge in [-0.25, -0.2) is 18.0 Å². The molecule has 3 rings (SSSR count). The van der Waals surface area contributed by atoms with E-state index in [1.165, 1.54) is 24.3 Å². The molecule has 0 radical (unpaired) electrons. The summed E-state index contributed by atoms with van der Waals surface area (Å²) >= 11 is 1.00. The zero-order valence-corrected chi connectivity index (χ0v) is 14.8. The lowest BCUT2D eigenvalue weighted by molar-refractivity contribution is -0.0301. The number of nitrogens with one attached hydrogen (secondary N) is 3. The number of hydrogen-bond acceptors (Lipinski definition) is 4. The van der Waals surface area contributed by atoms with E-state index >= 15 is 0 Å². The van der Waals surface area contributed by atoms with Crippen molar-refractivity contribution in [1.29, 1.82) is 0 Å². The van der Waals surface area contributed by atoms with Gasteiger partial charge in [0.15, 0.2) is 0 Å². The summed E-state index contributed by atoms with van der Waals surface area (Å²) < 4.78 is 40.5. The Morgan fingerprint density at radius 3 is 2.74 bits per heavy atom. The first-order valence-electron chi connectivity index (χ1n) is 8.09. The highest BCUT2D eigenvalue weighted by Crippen LogP contribution is 2.35. The molecule has 144 valence electrons. The monoisotopic (exact) mass is 398 g/mol. The molecule has 5 N–H and O–H groups in total. The molecule has 1 saturated heterocycles. The van der Waals surface area contributed by atoms with E-state index in [1.807, 2.05) is 0 Å². The fourth-order valence-electron chi connectivity index (χ4n) is 2.86. The van der Waals surface area contributed by atoms with E-state index in [0.29, 0.717) is 10.4 Å². The molecule has 1 fully saturated rings. The maximum absolute atomic E-state index is 13.5. The molecule has 27 heavy (non-hydrogen) atoms. The first-order valence-corrected chi connectivity index (χ1v) is 8.91. The number of rotatable bonds is 4. The van der Waals surface area contributed by atoms with E-state index in [1.54, 1.807) is 6.07 Å². The minimum atomic E-state index is -2.91. The number of halogens is 3. The minimum Gasteiger partial charge on any atom is -0.351 e. The zero-order chi connectivity index (χ0) is 19.6. The second-order valence-electron chi connectivity index (χ2n) is 6.21. The second kappa shape index (κ2) is 7.57. The molecule has 3 amide bonds. The summed E-state index contributed by atoms with van der Waals surface area (Å²) in [5.74, 6) is -3.98. The van der Waals surface area contributed by atoms with Crippen molar-refractivity contribution in [3.8, 4) is 10.4 Å². The molecule has 0 spiro atoms. The highest BCUT2D eigenvalue weighted by Gasteiger charge is 2.37. The van der Waals surface area contributed by atoms with E-state index in [2.05, 4.69) is 16.0 Å². The Morgan fingerprint density at radius 1 is 1.30 bits per heavy atom. The van der Waals surface area contributed by atoms with Gasteiger partial charge in [0.05, 0.1) is 12.2 Å². The molecule has 1 atom stereocenters. The molecule has 0 aliphatic carbocycles. The number of benzene rings is 1. The van der Waals surface area contributed by atoms with Gasteiger partial charge in [0, 0.05) is 23.9 Å². The van der Waals surface area contributed by atoms with E-state index in [9.17, 15) is 22.8 Å². The van der Waals surface area contributed by atoms with Gasteiger partial charge in [-0.3, -0.25) is 4.79 Å². The maximum atomic E-state index is 13.5. The van der Waals surface area contributed by atoms with E-state index < -0.39 is 42.7 Å². The number of primary amides is 1. The lowest BCUT2D eigenvalue weighted by Crippen LogP contribution is -2.53. The summed E-state index contributed by atoms with van der Waals surface area (Å²) in [5.41, 5.74) is 5.79. The molecule has 1 aromatic carbocycles. The van der Waals surface area contributed by atoms with Gasteiger partial charge in [-0.2, -0.15) is 0 Å². The molecule has 0 bridgehead atoms. The maximum Gasteiger partial charge on any atom is 0.316 e. The molecule has 2 heterocycles. The molecule has 1 aliphatic rings. The second-order valence-corrected chi connectivity index (χ2v) is 7.27. The van der Waals surface area contributed by atoms with Crippen LogP contribution in [-0.4, -0.2) is 37.0 Å². The van der Waals surface area contributed by atoms with Crippen LogP contribution < -0.4 is 21.7 Å². The number of carbonyl (C=O) groups excluding carboxylic acids is 2. The molecule has 0 saturated carbocycles. The van der Waals surface area contributed by atoms with Gasteiger partial charge in [0.25, 0.3) is 11.8 Å². The quantitative estimate of drug-likeness (QED) is 0.638. The summed E-state index contributed by atoms with van der Waals surface area (Å²) in [5, 5.41) is 7.46. The van der Waals surface area contributed by atoms with Crippen molar-refractivity contribution in [2.75, 3.05) is 18.4 Å². The molecule has 10 heteroatoms. The number of carbonyl (C=O) groups is 2. The number of amides is 3. The molecule has 6 nitrogen and oxygen atoms in total. The van der Waals surface area contributed by atoms with Gasteiger partial charge in [0.2, 0.25) is 0 Å². The van der Waals surface area contributed by atoms with Crippen LogP contribution in [0.15, 0.2) is 30.3 Å². The lowest BCUT2D eigenvalue weighted by Gasteiger charge is -2.30. The predicted molar refractivity (Wildman–Crippen MR) is 96.6 cm³/mol. The zero-order valence-electron chi connectivity index (χ0n) is 14.0. The SMILES string of the molecule is NC(=O)Nc1cc(-c2cccc(F)c2)sc1C(=O)N[C@@H]1CNCC(F)(F)C1. The van der Waals surface area contributed by atoms with Gasteiger partial charge in [-0.15, -0.1) is 11.3 Å². The van der Waals surface area contributed by atoms with Gasteiger partial charge in [-0.1, -0.05) is 12.1 Å². The third kappa shape index (κ3) is 4.77. The fourth-order valence-corrected chi connectivity index (χ4v) is 3.87. The third-order valence-corrected chi connectivity index (χ3v) is 5.14. The van der Waals surface area contributed by atoms with Crippen molar-refractivity contribution in [2.45, 2.75) is 18.4 Å². The van der Waals surface area contributed by atoms with Crippen LogP contribution in [0.4, 0.5) is 23.7 Å². The van der Waals surface area contributed by atoms with Crippen molar-refractivity contribution in [2.24, 2.45) is 5.73 Å². The highest BCUT2D eigenvalue weighted by molar-refractivity contribution is 7.18. The summed E-state index contributed by atoms with van der Waals surface area (Å²) in [6, 6.07) is 5.59. The Morgan fingerprint density at radius 2 is 2.07 bits per heavy atom. The van der Waals surface area contributed by atoms with Crippen molar-refractivity contribution >= 4 is 29.0 Å². The van der Waals surface area contributed by atoms with Crippen molar-refractivity contribution in [1.82, 2.24) is 10.6 Å². The van der Waals surface area contributed by atoms with Crippen LogP contribution in [0.5, 0.6) is 0 Å². The average molecular weight is 398 g/mol. The normalized spacial score (nSPS) is 18.7. The van der Waals surface area contributed by atoms with Crippen LogP contribution in [0.3, 0.4) is 0 Å². The van der Waals surface area contributed by atoms with Crippen LogP contribution in [0.25, 0.3) is 10.4 Å². The first kappa shape index (κ1) is 19.2. The average Bonchev–Trinajstić information content (AvgIpc) is 2.97. The van der Waals surface area contributed by atoms with E-state index in [0.717, 1.165) is 11.3 Å². The fraction of sp³-hybridized carbons (Fsp3) is 0.294. The van der Waals surface area contributed by atoms with E-state index in [4.69, 9.17) is 5.73 Å². The topological polar surface area (TPSA) is 96.2 Å². The number of anilines is 1. The summed E-state index contributed by atoms with van der Waals surface area (Å²) in [6.07, 6.45) is -0.480. The van der Waals surface area contributed by atoms with Crippen LogP contribution in [0.1, 0.15) is 16.1 Å². The van der Waals surface area contributed by atoms with Crippen LogP contribution in [0, 0.1) is 5.82 Å². The lowest BCUT2D eigenvalue weighted by atomic mass is 10.0. The number of urea groups is 1. The van der Waals surface area contributed by atoms with Gasteiger partial charge >= 0.3 is 6.03 Å². The summed E-state index contributed by atoms with van der Waals surface area (Å²) in [4.78, 5) is 24.5. The number of piperidine rings is 1. The Labute approximate surface area is 156 Å². The van der Waals surface area contributed by atoms with Crippen LogP contribution >= 0.6 is 11.3 Å². The number of hydrogen-bond donors (Lipinski definition) is 4. The van der Waals surface area contributed by atoms with Crippen LogP contribution in [0.2, 0.25) is 0 Å². The van der Waals surface area contributed by atoms with Gasteiger partial charge < -0.3 is 21.7 Å². The molecule has 0 unspecified atom stereocenters. The number of nitrogens with two attached hydrogens (primary N) is 1. The van der Waals surface area contributed by atoms with Crippen molar-refractivity contribution in [3.05, 3.63) is 41.0 Å². The van der Waals surface area contributed by atoms with Crippen LogP contribution in [-0.2, 0) is 0 Å². The Balaban J connectivity index is 1.86. The molecule has 2 aromatic rings. The molecular weight excluding hydrogens is 381 g/mol. The third-order valence-electron chi connectivity index (χ3n) is 3.96. The first-order chi connectivity index (χ1) is 12.7. The molecular formula is C17H17F3N4O2S.